The van der Waals surface area contributed by atoms with E-state index in [1.54, 1.807) is 18.6 Å². The van der Waals surface area contributed by atoms with E-state index < -0.39 is 5.67 Å². The third-order valence-corrected chi connectivity index (χ3v) is 6.68. The smallest absolute Gasteiger partial charge is 0.232 e. The molecule has 0 spiro atoms. The second kappa shape index (κ2) is 8.54. The van der Waals surface area contributed by atoms with Gasteiger partial charge < -0.3 is 4.90 Å². The fourth-order valence-electron chi connectivity index (χ4n) is 4.78. The highest BCUT2D eigenvalue weighted by Crippen LogP contribution is 2.36. The summed E-state index contributed by atoms with van der Waals surface area (Å²) >= 11 is 0. The van der Waals surface area contributed by atoms with E-state index in [9.17, 15) is 4.79 Å². The highest BCUT2D eigenvalue weighted by Gasteiger charge is 2.41. The zero-order valence-electron chi connectivity index (χ0n) is 19.0. The highest BCUT2D eigenvalue weighted by molar-refractivity contribution is 6.00. The van der Waals surface area contributed by atoms with Crippen molar-refractivity contribution in [1.82, 2.24) is 15.0 Å². The average molecular weight is 446 g/mol. The summed E-state index contributed by atoms with van der Waals surface area (Å²) in [4.78, 5) is 30.0. The molecular formula is C26H28FN5O. The number of piperidine rings is 1. The van der Waals surface area contributed by atoms with Crippen molar-refractivity contribution >= 4 is 17.4 Å². The Morgan fingerprint density at radius 1 is 1.09 bits per heavy atom. The molecule has 6 nitrogen and oxygen atoms in total. The summed E-state index contributed by atoms with van der Waals surface area (Å²) in [6, 6.07) is 11.9. The normalized spacial score (nSPS) is 17.5. The summed E-state index contributed by atoms with van der Waals surface area (Å²) in [5.41, 5.74) is 2.43. The van der Waals surface area contributed by atoms with Crippen molar-refractivity contribution < 1.29 is 9.18 Å². The molecule has 0 unspecified atom stereocenters. The van der Waals surface area contributed by atoms with Gasteiger partial charge in [0.05, 0.1) is 24.8 Å². The van der Waals surface area contributed by atoms with Crippen LogP contribution in [-0.4, -0.2) is 46.2 Å². The Balaban J connectivity index is 1.37. The molecule has 0 atom stereocenters. The number of alkyl halides is 1. The number of aromatic nitrogens is 3. The third-order valence-electron chi connectivity index (χ3n) is 6.68. The van der Waals surface area contributed by atoms with E-state index in [4.69, 9.17) is 4.98 Å². The Kier molecular flexibility index (Phi) is 5.56. The molecule has 2 aliphatic heterocycles. The van der Waals surface area contributed by atoms with E-state index in [1.807, 2.05) is 30.3 Å². The van der Waals surface area contributed by atoms with E-state index in [-0.39, 0.29) is 18.9 Å². The maximum atomic E-state index is 15.9. The number of rotatable bonds is 5. The average Bonchev–Trinajstić information content (AvgIpc) is 3.14. The summed E-state index contributed by atoms with van der Waals surface area (Å²) in [5.74, 6) is 1.34. The van der Waals surface area contributed by atoms with Crippen LogP contribution in [0.5, 0.6) is 0 Å². The maximum Gasteiger partial charge on any atom is 0.232 e. The van der Waals surface area contributed by atoms with Crippen LogP contribution in [0.25, 0.3) is 11.4 Å². The molecule has 0 radical (unpaired) electrons. The lowest BCUT2D eigenvalue weighted by atomic mass is 9.92. The van der Waals surface area contributed by atoms with Gasteiger partial charge in [-0.15, -0.1) is 0 Å². The lowest BCUT2D eigenvalue weighted by Gasteiger charge is -2.39. The van der Waals surface area contributed by atoms with Crippen LogP contribution in [0, 0.1) is 0 Å². The molecule has 1 fully saturated rings. The lowest BCUT2D eigenvalue weighted by Crippen LogP contribution is -2.49. The Morgan fingerprint density at radius 2 is 1.88 bits per heavy atom. The van der Waals surface area contributed by atoms with Gasteiger partial charge in [-0.3, -0.25) is 14.7 Å². The molecule has 5 rings (SSSR count). The number of carbonyl (C=O) groups is 1. The number of benzene rings is 1. The molecule has 170 valence electrons. The largest absolute Gasteiger partial charge is 0.370 e. The van der Waals surface area contributed by atoms with Crippen molar-refractivity contribution in [3.05, 3.63) is 66.1 Å². The summed E-state index contributed by atoms with van der Waals surface area (Å²) in [6.07, 6.45) is 6.20. The van der Waals surface area contributed by atoms with Gasteiger partial charge in [0.15, 0.2) is 5.82 Å². The van der Waals surface area contributed by atoms with E-state index in [0.29, 0.717) is 43.5 Å². The molecule has 3 aromatic rings. The molecule has 33 heavy (non-hydrogen) atoms. The van der Waals surface area contributed by atoms with Gasteiger partial charge in [0.1, 0.15) is 11.5 Å². The number of fused-ring (bicyclic) bond motifs is 1. The minimum atomic E-state index is -1.45. The van der Waals surface area contributed by atoms with Crippen molar-refractivity contribution in [2.24, 2.45) is 0 Å². The first-order chi connectivity index (χ1) is 15.9. The van der Waals surface area contributed by atoms with Crippen molar-refractivity contribution in [1.29, 1.82) is 0 Å². The van der Waals surface area contributed by atoms with Crippen LogP contribution in [-0.2, 0) is 11.2 Å². The minimum absolute atomic E-state index is 0.0298. The van der Waals surface area contributed by atoms with Gasteiger partial charge in [0.2, 0.25) is 5.91 Å². The first-order valence-electron chi connectivity index (χ1n) is 11.5. The number of hydrogen-bond acceptors (Lipinski definition) is 5. The topological polar surface area (TPSA) is 62.2 Å². The van der Waals surface area contributed by atoms with Gasteiger partial charge in [0.25, 0.3) is 0 Å². The number of pyridine rings is 1. The third kappa shape index (κ3) is 4.19. The maximum absolute atomic E-state index is 15.9. The second-order valence-corrected chi connectivity index (χ2v) is 9.29. The fourth-order valence-corrected chi connectivity index (χ4v) is 4.78. The molecule has 1 saturated heterocycles. The van der Waals surface area contributed by atoms with Crippen LogP contribution in [0.1, 0.15) is 43.7 Å². The molecular weight excluding hydrogens is 417 g/mol. The summed E-state index contributed by atoms with van der Waals surface area (Å²) in [6.45, 7) is 5.48. The Morgan fingerprint density at radius 3 is 2.61 bits per heavy atom. The predicted molar refractivity (Wildman–Crippen MR) is 127 cm³/mol. The number of amides is 1. The molecule has 2 aliphatic rings. The zero-order chi connectivity index (χ0) is 23.0. The molecule has 2 aromatic heterocycles. The zero-order valence-corrected chi connectivity index (χ0v) is 19.0. The number of carbonyl (C=O) groups excluding carboxylic acids is 1. The second-order valence-electron chi connectivity index (χ2n) is 9.29. The standard InChI is InChI=1S/C26H28FN5O/c1-18(2)21-7-3-4-8-22(21)24-29-15-19-14-23(33)32(25(19)30-24)17-26(27)9-12-31(13-10-26)20-6-5-11-28-16-20/h3-8,11,15-16,18H,9-10,12-14,17H2,1-2H3. The molecule has 0 saturated carbocycles. The van der Waals surface area contributed by atoms with Crippen LogP contribution in [0.2, 0.25) is 0 Å². The van der Waals surface area contributed by atoms with Gasteiger partial charge in [-0.1, -0.05) is 38.1 Å². The molecule has 1 amide bonds. The van der Waals surface area contributed by atoms with Crippen LogP contribution in [0.15, 0.2) is 55.0 Å². The first-order valence-corrected chi connectivity index (χ1v) is 11.5. The monoisotopic (exact) mass is 445 g/mol. The quantitative estimate of drug-likeness (QED) is 0.576. The molecule has 1 aromatic carbocycles. The van der Waals surface area contributed by atoms with Gasteiger partial charge in [-0.25, -0.2) is 14.4 Å². The molecule has 0 bridgehead atoms. The molecule has 0 aliphatic carbocycles. The molecule has 4 heterocycles. The number of anilines is 2. The molecule has 0 N–H and O–H groups in total. The number of hydrogen-bond donors (Lipinski definition) is 0. The van der Waals surface area contributed by atoms with E-state index in [1.165, 1.54) is 4.90 Å². The van der Waals surface area contributed by atoms with E-state index in [2.05, 4.69) is 34.8 Å². The number of halogens is 1. The fraction of sp³-hybridized carbons (Fsp3) is 0.385. The molecule has 7 heteroatoms. The van der Waals surface area contributed by atoms with Crippen LogP contribution in [0.3, 0.4) is 0 Å². The van der Waals surface area contributed by atoms with Gasteiger partial charge >= 0.3 is 0 Å². The predicted octanol–water partition coefficient (Wildman–Crippen LogP) is 4.56. The number of nitrogens with zero attached hydrogens (tertiary/aromatic N) is 5. The van der Waals surface area contributed by atoms with Gasteiger partial charge in [0, 0.05) is 49.5 Å². The minimum Gasteiger partial charge on any atom is -0.370 e. The van der Waals surface area contributed by atoms with Gasteiger partial charge in [-0.05, 0) is 23.6 Å². The summed E-state index contributed by atoms with van der Waals surface area (Å²) in [5, 5.41) is 0. The SMILES string of the molecule is CC(C)c1ccccc1-c1ncc2c(n1)N(CC1(F)CCN(c3cccnc3)CC1)C(=O)C2. The van der Waals surface area contributed by atoms with E-state index in [0.717, 1.165) is 22.4 Å². The summed E-state index contributed by atoms with van der Waals surface area (Å²) < 4.78 is 15.9. The van der Waals surface area contributed by atoms with Crippen molar-refractivity contribution in [3.63, 3.8) is 0 Å². The van der Waals surface area contributed by atoms with E-state index >= 15 is 4.39 Å². The summed E-state index contributed by atoms with van der Waals surface area (Å²) in [7, 11) is 0. The van der Waals surface area contributed by atoms with Crippen molar-refractivity contribution in [2.45, 2.75) is 44.7 Å². The van der Waals surface area contributed by atoms with Crippen LogP contribution >= 0.6 is 0 Å². The Bertz CT molecular complexity index is 1160. The van der Waals surface area contributed by atoms with Gasteiger partial charge in [-0.2, -0.15) is 0 Å². The van der Waals surface area contributed by atoms with Crippen molar-refractivity contribution in [3.8, 4) is 11.4 Å². The Hall–Kier alpha value is -3.35. The highest BCUT2D eigenvalue weighted by atomic mass is 19.1. The Labute approximate surface area is 193 Å². The van der Waals surface area contributed by atoms with Crippen LogP contribution in [0.4, 0.5) is 15.9 Å². The van der Waals surface area contributed by atoms with Crippen LogP contribution < -0.4 is 9.80 Å². The van der Waals surface area contributed by atoms with Crippen molar-refractivity contribution in [2.75, 3.05) is 29.4 Å². The lowest BCUT2D eigenvalue weighted by molar-refractivity contribution is -0.117. The first kappa shape index (κ1) is 21.5.